The second kappa shape index (κ2) is 5.90. The van der Waals surface area contributed by atoms with E-state index in [1.54, 1.807) is 12.7 Å². The fourth-order valence-electron chi connectivity index (χ4n) is 3.62. The number of hydrogen-bond donors (Lipinski definition) is 0. The summed E-state index contributed by atoms with van der Waals surface area (Å²) in [6.07, 6.45) is 3.40. The van der Waals surface area contributed by atoms with Crippen molar-refractivity contribution in [3.63, 3.8) is 0 Å². The number of imidazole rings is 2. The zero-order valence-electron chi connectivity index (χ0n) is 15.7. The first-order valence-electron chi connectivity index (χ1n) is 9.07. The van der Waals surface area contributed by atoms with Crippen LogP contribution in [0.4, 0.5) is 11.6 Å². The molecule has 5 rings (SSSR count). The quantitative estimate of drug-likeness (QED) is 0.532. The van der Waals surface area contributed by atoms with Gasteiger partial charge in [0.15, 0.2) is 22.6 Å². The van der Waals surface area contributed by atoms with Gasteiger partial charge in [0.1, 0.15) is 12.1 Å². The van der Waals surface area contributed by atoms with Gasteiger partial charge in [0.25, 0.3) is 0 Å². The SMILES string of the molecule is Cc1nc2ccc(N3CCN(c4ncnc5c4ncn5C)CC3)nn2c1C. The first kappa shape index (κ1) is 16.0. The lowest BCUT2D eigenvalue weighted by molar-refractivity contribution is 0.636. The summed E-state index contributed by atoms with van der Waals surface area (Å²) in [5.41, 5.74) is 4.72. The molecule has 0 spiro atoms. The molecular weight excluding hydrogens is 342 g/mol. The topological polar surface area (TPSA) is 80.3 Å². The second-order valence-electron chi connectivity index (χ2n) is 6.94. The van der Waals surface area contributed by atoms with Crippen molar-refractivity contribution >= 4 is 28.4 Å². The fourth-order valence-corrected chi connectivity index (χ4v) is 3.62. The minimum absolute atomic E-state index is 0.859. The van der Waals surface area contributed by atoms with Gasteiger partial charge in [-0.2, -0.15) is 0 Å². The molecule has 1 saturated heterocycles. The lowest BCUT2D eigenvalue weighted by Gasteiger charge is -2.35. The number of aromatic nitrogens is 7. The Hall–Kier alpha value is -3.23. The number of piperazine rings is 1. The molecule has 0 saturated carbocycles. The van der Waals surface area contributed by atoms with E-state index < -0.39 is 0 Å². The van der Waals surface area contributed by atoms with Gasteiger partial charge in [0, 0.05) is 33.2 Å². The molecule has 0 aliphatic carbocycles. The van der Waals surface area contributed by atoms with Crippen LogP contribution in [0.25, 0.3) is 16.8 Å². The second-order valence-corrected chi connectivity index (χ2v) is 6.94. The highest BCUT2D eigenvalue weighted by atomic mass is 15.4. The predicted molar refractivity (Wildman–Crippen MR) is 103 cm³/mol. The largest absolute Gasteiger partial charge is 0.352 e. The van der Waals surface area contributed by atoms with E-state index in [9.17, 15) is 0 Å². The maximum atomic E-state index is 4.79. The van der Waals surface area contributed by atoms with Crippen LogP contribution >= 0.6 is 0 Å². The lowest BCUT2D eigenvalue weighted by Crippen LogP contribution is -2.47. The molecule has 138 valence electrons. The Morgan fingerprint density at radius 3 is 2.52 bits per heavy atom. The van der Waals surface area contributed by atoms with Gasteiger partial charge in [-0.25, -0.2) is 24.5 Å². The van der Waals surface area contributed by atoms with Gasteiger partial charge in [0.2, 0.25) is 0 Å². The fraction of sp³-hybridized carbons (Fsp3) is 0.389. The normalized spacial score (nSPS) is 15.2. The molecule has 1 aliphatic heterocycles. The molecule has 1 aliphatic rings. The van der Waals surface area contributed by atoms with Crippen molar-refractivity contribution in [2.24, 2.45) is 7.05 Å². The Balaban J connectivity index is 1.39. The van der Waals surface area contributed by atoms with E-state index in [1.165, 1.54) is 0 Å². The third kappa shape index (κ3) is 2.49. The van der Waals surface area contributed by atoms with Crippen molar-refractivity contribution < 1.29 is 0 Å². The maximum absolute atomic E-state index is 4.79. The van der Waals surface area contributed by atoms with Crippen molar-refractivity contribution in [1.82, 2.24) is 34.1 Å². The van der Waals surface area contributed by atoms with Gasteiger partial charge in [-0.05, 0) is 26.0 Å². The third-order valence-corrected chi connectivity index (χ3v) is 5.31. The van der Waals surface area contributed by atoms with Crippen molar-refractivity contribution in [2.75, 3.05) is 36.0 Å². The van der Waals surface area contributed by atoms with Crippen LogP contribution in [0.2, 0.25) is 0 Å². The summed E-state index contributed by atoms with van der Waals surface area (Å²) < 4.78 is 3.85. The number of aryl methyl sites for hydroxylation is 3. The first-order valence-corrected chi connectivity index (χ1v) is 9.07. The Labute approximate surface area is 156 Å². The van der Waals surface area contributed by atoms with Crippen LogP contribution in [0.3, 0.4) is 0 Å². The molecule has 27 heavy (non-hydrogen) atoms. The highest BCUT2D eigenvalue weighted by Crippen LogP contribution is 2.23. The van der Waals surface area contributed by atoms with Crippen molar-refractivity contribution in [1.29, 1.82) is 0 Å². The van der Waals surface area contributed by atoms with Crippen LogP contribution < -0.4 is 9.80 Å². The van der Waals surface area contributed by atoms with E-state index in [0.29, 0.717) is 0 Å². The summed E-state index contributed by atoms with van der Waals surface area (Å²) in [6.45, 7) is 7.56. The third-order valence-electron chi connectivity index (χ3n) is 5.31. The molecule has 0 atom stereocenters. The van der Waals surface area contributed by atoms with Crippen LogP contribution in [-0.2, 0) is 7.05 Å². The molecular formula is C18H21N9. The maximum Gasteiger partial charge on any atom is 0.165 e. The number of rotatable bonds is 2. The molecule has 0 radical (unpaired) electrons. The smallest absolute Gasteiger partial charge is 0.165 e. The molecule has 9 nitrogen and oxygen atoms in total. The van der Waals surface area contributed by atoms with Gasteiger partial charge in [0.05, 0.1) is 17.7 Å². The average molecular weight is 363 g/mol. The molecule has 0 aromatic carbocycles. The van der Waals surface area contributed by atoms with Crippen LogP contribution in [0, 0.1) is 13.8 Å². The van der Waals surface area contributed by atoms with Gasteiger partial charge in [-0.15, -0.1) is 5.10 Å². The molecule has 0 amide bonds. The zero-order chi connectivity index (χ0) is 18.5. The van der Waals surface area contributed by atoms with Crippen LogP contribution in [0.1, 0.15) is 11.4 Å². The van der Waals surface area contributed by atoms with Crippen LogP contribution in [0.15, 0.2) is 24.8 Å². The standard InChI is InChI=1S/C18H21N9/c1-12-13(2)27-14(22-12)4-5-15(23-27)25-6-8-26(9-7-25)18-16-17(19-10-20-18)24(3)11-21-16/h4-5,10-11H,6-9H2,1-3H3. The molecule has 0 N–H and O–H groups in total. The summed E-state index contributed by atoms with van der Waals surface area (Å²) in [7, 11) is 1.95. The summed E-state index contributed by atoms with van der Waals surface area (Å²) in [5, 5.41) is 4.79. The number of anilines is 2. The van der Waals surface area contributed by atoms with Crippen LogP contribution in [0.5, 0.6) is 0 Å². The summed E-state index contributed by atoms with van der Waals surface area (Å²) >= 11 is 0. The Morgan fingerprint density at radius 1 is 0.926 bits per heavy atom. The van der Waals surface area contributed by atoms with Gasteiger partial charge < -0.3 is 14.4 Å². The highest BCUT2D eigenvalue weighted by Gasteiger charge is 2.22. The van der Waals surface area contributed by atoms with E-state index in [0.717, 1.165) is 66.0 Å². The number of fused-ring (bicyclic) bond motifs is 2. The van der Waals surface area contributed by atoms with E-state index in [-0.39, 0.29) is 0 Å². The van der Waals surface area contributed by atoms with E-state index in [1.807, 2.05) is 29.1 Å². The van der Waals surface area contributed by atoms with Gasteiger partial charge >= 0.3 is 0 Å². The summed E-state index contributed by atoms with van der Waals surface area (Å²) in [4.78, 5) is 22.4. The molecule has 1 fully saturated rings. The van der Waals surface area contributed by atoms with E-state index in [4.69, 9.17) is 5.10 Å². The molecule has 4 aromatic heterocycles. The summed E-state index contributed by atoms with van der Waals surface area (Å²) in [6, 6.07) is 4.09. The summed E-state index contributed by atoms with van der Waals surface area (Å²) in [5.74, 6) is 1.89. The number of hydrogen-bond acceptors (Lipinski definition) is 7. The minimum atomic E-state index is 0.859. The Morgan fingerprint density at radius 2 is 1.70 bits per heavy atom. The molecule has 4 aromatic rings. The zero-order valence-corrected chi connectivity index (χ0v) is 15.7. The predicted octanol–water partition coefficient (Wildman–Crippen LogP) is 1.35. The van der Waals surface area contributed by atoms with Gasteiger partial charge in [-0.1, -0.05) is 0 Å². The molecule has 5 heterocycles. The van der Waals surface area contributed by atoms with Crippen molar-refractivity contribution in [3.05, 3.63) is 36.2 Å². The Kier molecular flexibility index (Phi) is 3.49. The van der Waals surface area contributed by atoms with Gasteiger partial charge in [-0.3, -0.25) is 0 Å². The molecule has 9 heteroatoms. The van der Waals surface area contributed by atoms with Crippen molar-refractivity contribution in [2.45, 2.75) is 13.8 Å². The Bertz CT molecular complexity index is 1130. The van der Waals surface area contributed by atoms with E-state index >= 15 is 0 Å². The number of nitrogens with zero attached hydrogens (tertiary/aromatic N) is 9. The molecule has 0 unspecified atom stereocenters. The lowest BCUT2D eigenvalue weighted by atomic mass is 10.3. The van der Waals surface area contributed by atoms with Crippen LogP contribution in [-0.4, -0.2) is 60.3 Å². The van der Waals surface area contributed by atoms with E-state index in [2.05, 4.69) is 42.7 Å². The molecule has 0 bridgehead atoms. The average Bonchev–Trinajstić information content (AvgIpc) is 3.22. The minimum Gasteiger partial charge on any atom is -0.352 e. The first-order chi connectivity index (χ1) is 13.1. The highest BCUT2D eigenvalue weighted by molar-refractivity contribution is 5.83. The van der Waals surface area contributed by atoms with Crippen molar-refractivity contribution in [3.8, 4) is 0 Å². The monoisotopic (exact) mass is 363 g/mol.